The Labute approximate surface area is 211 Å². The highest BCUT2D eigenvalue weighted by Gasteiger charge is 2.47. The molecule has 1 amide bonds. The number of aliphatic hydroxyl groups excluding tert-OH is 1. The Kier molecular flexibility index (Phi) is 7.19. The van der Waals surface area contributed by atoms with Crippen molar-refractivity contribution < 1.29 is 24.2 Å². The molecule has 2 heterocycles. The maximum atomic E-state index is 13.3. The number of Topliss-reactive ketones (excluding diaryl/α,β-unsaturated/α-hetero) is 1. The smallest absolute Gasteiger partial charge is 0.338 e. The Hall–Kier alpha value is -3.68. The Bertz CT molecular complexity index is 1340. The number of carbonyl (C=O) groups is 3. The molecule has 0 bridgehead atoms. The fourth-order valence-corrected chi connectivity index (χ4v) is 4.11. The molecule has 7 nitrogen and oxygen atoms in total. The van der Waals surface area contributed by atoms with Gasteiger partial charge in [-0.15, -0.1) is 0 Å². The molecule has 0 saturated carbocycles. The van der Waals surface area contributed by atoms with Crippen LogP contribution in [0.4, 0.5) is 5.69 Å². The van der Waals surface area contributed by atoms with E-state index < -0.39 is 29.5 Å². The third kappa shape index (κ3) is 4.78. The van der Waals surface area contributed by atoms with Crippen LogP contribution in [0.2, 0.25) is 10.0 Å². The van der Waals surface area contributed by atoms with Gasteiger partial charge in [-0.25, -0.2) is 4.79 Å². The molecule has 0 spiro atoms. The summed E-state index contributed by atoms with van der Waals surface area (Å²) in [5.41, 5.74) is 1.10. The number of halogens is 2. The SMILES string of the molecule is CCCOC(=O)c1cccc(N2C(=O)C(=O)/C(=C(/O)c3ccc(Cl)c(Cl)c3)C2c2cccnc2)c1. The number of aromatic nitrogens is 1. The number of ether oxygens (including phenoxy) is 1. The van der Waals surface area contributed by atoms with E-state index in [1.807, 2.05) is 6.92 Å². The van der Waals surface area contributed by atoms with Crippen LogP contribution in [0.25, 0.3) is 5.76 Å². The molecule has 1 aliphatic heterocycles. The zero-order valence-electron chi connectivity index (χ0n) is 18.6. The summed E-state index contributed by atoms with van der Waals surface area (Å²) in [4.78, 5) is 44.2. The minimum atomic E-state index is -1.000. The number of benzene rings is 2. The lowest BCUT2D eigenvalue weighted by Crippen LogP contribution is -2.29. The summed E-state index contributed by atoms with van der Waals surface area (Å²) >= 11 is 12.1. The van der Waals surface area contributed by atoms with E-state index in [1.165, 1.54) is 35.4 Å². The summed E-state index contributed by atoms with van der Waals surface area (Å²) in [5, 5.41) is 11.6. The molecule has 0 radical (unpaired) electrons. The first kappa shape index (κ1) is 24.4. The van der Waals surface area contributed by atoms with Crippen molar-refractivity contribution in [3.63, 3.8) is 0 Å². The summed E-state index contributed by atoms with van der Waals surface area (Å²) in [7, 11) is 0. The Morgan fingerprint density at radius 1 is 1.06 bits per heavy atom. The lowest BCUT2D eigenvalue weighted by molar-refractivity contribution is -0.132. The van der Waals surface area contributed by atoms with Crippen molar-refractivity contribution in [2.24, 2.45) is 0 Å². The van der Waals surface area contributed by atoms with Crippen LogP contribution in [0.5, 0.6) is 0 Å². The number of aliphatic hydroxyl groups is 1. The largest absolute Gasteiger partial charge is 0.507 e. The molecule has 1 unspecified atom stereocenters. The second-order valence-electron chi connectivity index (χ2n) is 7.77. The van der Waals surface area contributed by atoms with Crippen LogP contribution in [0.3, 0.4) is 0 Å². The molecular weight excluding hydrogens is 491 g/mol. The predicted octanol–water partition coefficient (Wildman–Crippen LogP) is 5.58. The van der Waals surface area contributed by atoms with Crippen LogP contribution in [0.15, 0.2) is 72.6 Å². The molecular formula is C26H20Cl2N2O5. The number of anilines is 1. The maximum absolute atomic E-state index is 13.3. The third-order valence-corrected chi connectivity index (χ3v) is 6.17. The molecule has 178 valence electrons. The zero-order valence-corrected chi connectivity index (χ0v) is 20.1. The Balaban J connectivity index is 1.87. The van der Waals surface area contributed by atoms with E-state index in [0.29, 0.717) is 17.7 Å². The van der Waals surface area contributed by atoms with Gasteiger partial charge in [0.15, 0.2) is 0 Å². The maximum Gasteiger partial charge on any atom is 0.338 e. The predicted molar refractivity (Wildman–Crippen MR) is 132 cm³/mol. The monoisotopic (exact) mass is 510 g/mol. The highest BCUT2D eigenvalue weighted by molar-refractivity contribution is 6.51. The van der Waals surface area contributed by atoms with Crippen LogP contribution in [-0.4, -0.2) is 34.4 Å². The highest BCUT2D eigenvalue weighted by atomic mass is 35.5. The molecule has 1 N–H and O–H groups in total. The summed E-state index contributed by atoms with van der Waals surface area (Å²) in [6.45, 7) is 2.14. The van der Waals surface area contributed by atoms with E-state index in [-0.39, 0.29) is 33.4 Å². The first-order valence-corrected chi connectivity index (χ1v) is 11.5. The van der Waals surface area contributed by atoms with E-state index >= 15 is 0 Å². The molecule has 1 saturated heterocycles. The molecule has 3 aromatic rings. The van der Waals surface area contributed by atoms with Crippen LogP contribution >= 0.6 is 23.2 Å². The average Bonchev–Trinajstić information content (AvgIpc) is 3.14. The van der Waals surface area contributed by atoms with Crippen LogP contribution < -0.4 is 4.90 Å². The van der Waals surface area contributed by atoms with Crippen molar-refractivity contribution in [1.82, 2.24) is 4.98 Å². The minimum absolute atomic E-state index is 0.139. The second-order valence-corrected chi connectivity index (χ2v) is 8.58. The van der Waals surface area contributed by atoms with Gasteiger partial charge >= 0.3 is 5.97 Å². The Morgan fingerprint density at radius 2 is 1.86 bits per heavy atom. The van der Waals surface area contributed by atoms with Gasteiger partial charge in [-0.2, -0.15) is 0 Å². The van der Waals surface area contributed by atoms with Crippen molar-refractivity contribution in [2.75, 3.05) is 11.5 Å². The van der Waals surface area contributed by atoms with E-state index in [4.69, 9.17) is 27.9 Å². The first-order chi connectivity index (χ1) is 16.8. The molecule has 1 atom stereocenters. The number of amides is 1. The van der Waals surface area contributed by atoms with Gasteiger partial charge in [-0.3, -0.25) is 19.5 Å². The van der Waals surface area contributed by atoms with Gasteiger partial charge < -0.3 is 9.84 Å². The molecule has 1 aliphatic rings. The fraction of sp³-hybridized carbons (Fsp3) is 0.154. The number of ketones is 1. The van der Waals surface area contributed by atoms with Gasteiger partial charge in [0.1, 0.15) is 5.76 Å². The average molecular weight is 511 g/mol. The number of nitrogens with zero attached hydrogens (tertiary/aromatic N) is 2. The van der Waals surface area contributed by atoms with Crippen LogP contribution in [0.1, 0.15) is 40.9 Å². The molecule has 0 aliphatic carbocycles. The van der Waals surface area contributed by atoms with E-state index in [9.17, 15) is 19.5 Å². The molecule has 2 aromatic carbocycles. The zero-order chi connectivity index (χ0) is 25.1. The minimum Gasteiger partial charge on any atom is -0.507 e. The number of pyridine rings is 1. The van der Waals surface area contributed by atoms with Crippen LogP contribution in [0, 0.1) is 0 Å². The standard InChI is InChI=1S/C26H20Cl2N2O5/c1-2-11-35-26(34)16-5-3-7-18(12-16)30-22(17-6-4-10-29-14-17)21(24(32)25(30)33)23(31)15-8-9-19(27)20(28)13-15/h3-10,12-14,22,31H,2,11H2,1H3/b23-21+. The van der Waals surface area contributed by atoms with Gasteiger partial charge in [0, 0.05) is 23.6 Å². The topological polar surface area (TPSA) is 96.8 Å². The number of rotatable bonds is 6. The molecule has 1 fully saturated rings. The molecule has 9 heteroatoms. The van der Waals surface area contributed by atoms with Crippen LogP contribution in [-0.2, 0) is 14.3 Å². The van der Waals surface area contributed by atoms with Crippen molar-refractivity contribution >= 4 is 52.3 Å². The van der Waals surface area contributed by atoms with Gasteiger partial charge in [0.2, 0.25) is 0 Å². The summed E-state index contributed by atoms with van der Waals surface area (Å²) in [6, 6.07) is 13.0. The van der Waals surface area contributed by atoms with Crippen molar-refractivity contribution in [3.05, 3.63) is 99.3 Å². The number of hydrogen-bond acceptors (Lipinski definition) is 6. The molecule has 1 aromatic heterocycles. The van der Waals surface area contributed by atoms with Crippen molar-refractivity contribution in [1.29, 1.82) is 0 Å². The number of carbonyl (C=O) groups excluding carboxylic acids is 3. The Morgan fingerprint density at radius 3 is 2.54 bits per heavy atom. The van der Waals surface area contributed by atoms with Gasteiger partial charge in [-0.1, -0.05) is 42.3 Å². The highest BCUT2D eigenvalue weighted by Crippen LogP contribution is 2.42. The number of hydrogen-bond donors (Lipinski definition) is 1. The van der Waals surface area contributed by atoms with Gasteiger partial charge in [0.25, 0.3) is 11.7 Å². The summed E-state index contributed by atoms with van der Waals surface area (Å²) in [6.07, 6.45) is 3.72. The van der Waals surface area contributed by atoms with Crippen molar-refractivity contribution in [3.8, 4) is 0 Å². The number of esters is 1. The molecule has 4 rings (SSSR count). The van der Waals surface area contributed by atoms with Crippen molar-refractivity contribution in [2.45, 2.75) is 19.4 Å². The third-order valence-electron chi connectivity index (χ3n) is 5.43. The first-order valence-electron chi connectivity index (χ1n) is 10.8. The normalized spacial score (nSPS) is 17.0. The van der Waals surface area contributed by atoms with E-state index in [1.54, 1.807) is 36.5 Å². The fourth-order valence-electron chi connectivity index (χ4n) is 3.81. The summed E-state index contributed by atoms with van der Waals surface area (Å²) < 4.78 is 5.20. The van der Waals surface area contributed by atoms with Gasteiger partial charge in [-0.05, 0) is 54.4 Å². The lowest BCUT2D eigenvalue weighted by atomic mass is 9.96. The second kappa shape index (κ2) is 10.3. The summed E-state index contributed by atoms with van der Waals surface area (Å²) in [5.74, 6) is -2.70. The quantitative estimate of drug-likeness (QED) is 0.201. The lowest BCUT2D eigenvalue weighted by Gasteiger charge is -2.25. The van der Waals surface area contributed by atoms with Gasteiger partial charge in [0.05, 0.1) is 33.8 Å². The van der Waals surface area contributed by atoms with E-state index in [2.05, 4.69) is 4.98 Å². The van der Waals surface area contributed by atoms with E-state index in [0.717, 1.165) is 0 Å². The molecule has 35 heavy (non-hydrogen) atoms.